The first kappa shape index (κ1) is 16.9. The van der Waals surface area contributed by atoms with Crippen molar-refractivity contribution in [2.45, 2.75) is 19.6 Å². The van der Waals surface area contributed by atoms with Gasteiger partial charge in [0.05, 0.1) is 32.5 Å². The average Bonchev–Trinajstić information content (AvgIpc) is 2.44. The zero-order chi connectivity index (χ0) is 14.6. The van der Waals surface area contributed by atoms with Gasteiger partial charge in [-0.25, -0.2) is 0 Å². The maximum atomic E-state index is 9.71. The Hall–Kier alpha value is -1.14. The number of nitrogens with one attached hydrogen (secondary N) is 1. The summed E-state index contributed by atoms with van der Waals surface area (Å²) in [6.07, 6.45) is -0.512. The third kappa shape index (κ3) is 7.45. The molecular formula is C15H25NO4. The molecule has 0 aliphatic carbocycles. The molecule has 20 heavy (non-hydrogen) atoms. The molecule has 0 saturated heterocycles. The van der Waals surface area contributed by atoms with E-state index in [0.717, 1.165) is 11.3 Å². The molecule has 0 bridgehead atoms. The molecule has 1 rings (SSSR count). The number of ether oxygens (including phenoxy) is 3. The molecule has 1 aromatic carbocycles. The molecule has 0 aliphatic heterocycles. The van der Waals surface area contributed by atoms with E-state index in [2.05, 4.69) is 5.32 Å². The van der Waals surface area contributed by atoms with Crippen LogP contribution in [0.1, 0.15) is 12.5 Å². The van der Waals surface area contributed by atoms with Crippen LogP contribution in [0.5, 0.6) is 5.75 Å². The fourth-order valence-electron chi connectivity index (χ4n) is 1.72. The molecule has 0 aromatic heterocycles. The van der Waals surface area contributed by atoms with Crippen LogP contribution in [-0.2, 0) is 16.0 Å². The van der Waals surface area contributed by atoms with Crippen LogP contribution in [0, 0.1) is 0 Å². The van der Waals surface area contributed by atoms with Crippen molar-refractivity contribution >= 4 is 0 Å². The van der Waals surface area contributed by atoms with E-state index in [1.165, 1.54) is 0 Å². The molecule has 0 amide bonds. The summed E-state index contributed by atoms with van der Waals surface area (Å²) in [6, 6.07) is 7.92. The fraction of sp³-hybridized carbons (Fsp3) is 0.600. The molecule has 0 spiro atoms. The van der Waals surface area contributed by atoms with Gasteiger partial charge in [0.15, 0.2) is 0 Å². The Bertz CT molecular complexity index is 359. The molecule has 0 heterocycles. The van der Waals surface area contributed by atoms with Gasteiger partial charge in [0.2, 0.25) is 0 Å². The van der Waals surface area contributed by atoms with E-state index in [1.54, 1.807) is 7.11 Å². The summed E-state index contributed by atoms with van der Waals surface area (Å²) < 4.78 is 15.6. The number of aliphatic hydroxyl groups excluding tert-OH is 1. The summed E-state index contributed by atoms with van der Waals surface area (Å²) in [4.78, 5) is 0. The number of aliphatic hydroxyl groups is 1. The Morgan fingerprint density at radius 1 is 1.30 bits per heavy atom. The number of methoxy groups -OCH3 is 1. The lowest BCUT2D eigenvalue weighted by atomic mass is 10.2. The zero-order valence-electron chi connectivity index (χ0n) is 12.3. The molecular weight excluding hydrogens is 258 g/mol. The number of rotatable bonds is 11. The van der Waals surface area contributed by atoms with Gasteiger partial charge < -0.3 is 24.6 Å². The van der Waals surface area contributed by atoms with Crippen molar-refractivity contribution in [3.63, 3.8) is 0 Å². The van der Waals surface area contributed by atoms with E-state index in [0.29, 0.717) is 39.5 Å². The first-order chi connectivity index (χ1) is 9.76. The molecule has 1 aromatic rings. The van der Waals surface area contributed by atoms with Crippen LogP contribution in [0.3, 0.4) is 0 Å². The molecule has 1 unspecified atom stereocenters. The van der Waals surface area contributed by atoms with Crippen molar-refractivity contribution in [2.75, 3.05) is 40.1 Å². The SMILES string of the molecule is CCOc1cccc(CNCC(O)COCCOC)c1. The average molecular weight is 283 g/mol. The minimum Gasteiger partial charge on any atom is -0.494 e. The van der Waals surface area contributed by atoms with E-state index >= 15 is 0 Å². The second-order valence-corrected chi connectivity index (χ2v) is 4.43. The van der Waals surface area contributed by atoms with Gasteiger partial charge in [0.25, 0.3) is 0 Å². The summed E-state index contributed by atoms with van der Waals surface area (Å²) in [5.41, 5.74) is 1.13. The summed E-state index contributed by atoms with van der Waals surface area (Å²) >= 11 is 0. The Kier molecular flexibility index (Phi) is 8.98. The maximum absolute atomic E-state index is 9.71. The highest BCUT2D eigenvalue weighted by molar-refractivity contribution is 5.28. The lowest BCUT2D eigenvalue weighted by molar-refractivity contribution is 0.0137. The predicted molar refractivity (Wildman–Crippen MR) is 78.0 cm³/mol. The van der Waals surface area contributed by atoms with Crippen molar-refractivity contribution in [2.24, 2.45) is 0 Å². The molecule has 0 saturated carbocycles. The highest BCUT2D eigenvalue weighted by atomic mass is 16.5. The highest BCUT2D eigenvalue weighted by Gasteiger charge is 2.04. The molecule has 0 fully saturated rings. The van der Waals surface area contributed by atoms with E-state index < -0.39 is 6.10 Å². The first-order valence-electron chi connectivity index (χ1n) is 6.93. The second kappa shape index (κ2) is 10.6. The van der Waals surface area contributed by atoms with E-state index in [1.807, 2.05) is 31.2 Å². The minimum atomic E-state index is -0.512. The third-order valence-electron chi connectivity index (χ3n) is 2.66. The van der Waals surface area contributed by atoms with Crippen molar-refractivity contribution in [1.82, 2.24) is 5.32 Å². The molecule has 0 aliphatic rings. The van der Waals surface area contributed by atoms with E-state index in [4.69, 9.17) is 14.2 Å². The van der Waals surface area contributed by atoms with Crippen molar-refractivity contribution in [1.29, 1.82) is 0 Å². The highest BCUT2D eigenvalue weighted by Crippen LogP contribution is 2.12. The van der Waals surface area contributed by atoms with Crippen molar-refractivity contribution in [3.05, 3.63) is 29.8 Å². The minimum absolute atomic E-state index is 0.315. The Labute approximate surface area is 120 Å². The normalized spacial score (nSPS) is 12.3. The van der Waals surface area contributed by atoms with Crippen LogP contribution in [-0.4, -0.2) is 51.3 Å². The van der Waals surface area contributed by atoms with Crippen LogP contribution in [0.25, 0.3) is 0 Å². The zero-order valence-corrected chi connectivity index (χ0v) is 12.3. The van der Waals surface area contributed by atoms with Gasteiger partial charge in [0, 0.05) is 20.2 Å². The van der Waals surface area contributed by atoms with E-state index in [9.17, 15) is 5.11 Å². The summed E-state index contributed by atoms with van der Waals surface area (Å²) in [6.45, 7) is 5.17. The van der Waals surface area contributed by atoms with Crippen LogP contribution in [0.2, 0.25) is 0 Å². The van der Waals surface area contributed by atoms with Gasteiger partial charge in [-0.15, -0.1) is 0 Å². The fourth-order valence-corrected chi connectivity index (χ4v) is 1.72. The topological polar surface area (TPSA) is 60.0 Å². The van der Waals surface area contributed by atoms with Gasteiger partial charge in [-0.2, -0.15) is 0 Å². The first-order valence-corrected chi connectivity index (χ1v) is 6.93. The lowest BCUT2D eigenvalue weighted by Gasteiger charge is -2.12. The maximum Gasteiger partial charge on any atom is 0.119 e. The number of hydrogen-bond acceptors (Lipinski definition) is 5. The third-order valence-corrected chi connectivity index (χ3v) is 2.66. The van der Waals surface area contributed by atoms with Crippen LogP contribution in [0.4, 0.5) is 0 Å². The second-order valence-electron chi connectivity index (χ2n) is 4.43. The smallest absolute Gasteiger partial charge is 0.119 e. The molecule has 0 radical (unpaired) electrons. The summed E-state index contributed by atoms with van der Waals surface area (Å²) in [7, 11) is 1.62. The quantitative estimate of drug-likeness (QED) is 0.598. The Balaban J connectivity index is 2.18. The van der Waals surface area contributed by atoms with Gasteiger partial charge >= 0.3 is 0 Å². The van der Waals surface area contributed by atoms with Gasteiger partial charge in [-0.05, 0) is 24.6 Å². The van der Waals surface area contributed by atoms with Gasteiger partial charge in [0.1, 0.15) is 5.75 Å². The van der Waals surface area contributed by atoms with E-state index in [-0.39, 0.29) is 0 Å². The Morgan fingerprint density at radius 2 is 2.15 bits per heavy atom. The number of benzene rings is 1. The van der Waals surface area contributed by atoms with Crippen LogP contribution >= 0.6 is 0 Å². The molecule has 5 nitrogen and oxygen atoms in total. The van der Waals surface area contributed by atoms with Gasteiger partial charge in [-0.3, -0.25) is 0 Å². The van der Waals surface area contributed by atoms with Gasteiger partial charge in [-0.1, -0.05) is 12.1 Å². The summed E-state index contributed by atoms with van der Waals surface area (Å²) in [5, 5.41) is 12.9. The van der Waals surface area contributed by atoms with Crippen molar-refractivity contribution in [3.8, 4) is 5.75 Å². The largest absolute Gasteiger partial charge is 0.494 e. The monoisotopic (exact) mass is 283 g/mol. The summed E-state index contributed by atoms with van der Waals surface area (Å²) in [5.74, 6) is 0.871. The van der Waals surface area contributed by atoms with Crippen molar-refractivity contribution < 1.29 is 19.3 Å². The molecule has 2 N–H and O–H groups in total. The molecule has 1 atom stereocenters. The Morgan fingerprint density at radius 3 is 2.90 bits per heavy atom. The lowest BCUT2D eigenvalue weighted by Crippen LogP contribution is -2.30. The number of hydrogen-bond donors (Lipinski definition) is 2. The standard InChI is InChI=1S/C15H25NO4/c1-3-20-15-6-4-5-13(9-15)10-16-11-14(17)12-19-8-7-18-2/h4-6,9,14,16-17H,3,7-8,10-12H2,1-2H3. The molecule has 114 valence electrons. The van der Waals surface area contributed by atoms with Crippen LogP contribution in [0.15, 0.2) is 24.3 Å². The predicted octanol–water partition coefficient (Wildman–Crippen LogP) is 1.20. The van der Waals surface area contributed by atoms with Crippen LogP contribution < -0.4 is 10.1 Å². The molecule has 5 heteroatoms.